The van der Waals surface area contributed by atoms with E-state index in [1.165, 1.54) is 16.8 Å². The lowest BCUT2D eigenvalue weighted by atomic mass is 9.90. The molecule has 1 aliphatic carbocycles. The summed E-state index contributed by atoms with van der Waals surface area (Å²) in [4.78, 5) is 6.87. The summed E-state index contributed by atoms with van der Waals surface area (Å²) >= 11 is 0. The number of fused-ring (bicyclic) bond motifs is 1. The summed E-state index contributed by atoms with van der Waals surface area (Å²) in [5.41, 5.74) is 8.18. The van der Waals surface area contributed by atoms with Crippen molar-refractivity contribution in [2.24, 2.45) is 0 Å². The highest BCUT2D eigenvalue weighted by molar-refractivity contribution is 5.95. The van der Waals surface area contributed by atoms with Crippen molar-refractivity contribution in [3.63, 3.8) is 0 Å². The number of methoxy groups -OCH3 is 2. The van der Waals surface area contributed by atoms with Crippen molar-refractivity contribution in [2.75, 3.05) is 32.2 Å². The van der Waals surface area contributed by atoms with Gasteiger partial charge in [0.05, 0.1) is 26.4 Å². The Morgan fingerprint density at radius 3 is 2.27 bits per heavy atom. The second-order valence-corrected chi connectivity index (χ2v) is 9.87. The highest BCUT2D eigenvalue weighted by atomic mass is 16.5. The van der Waals surface area contributed by atoms with Gasteiger partial charge < -0.3 is 19.1 Å². The van der Waals surface area contributed by atoms with Crippen molar-refractivity contribution in [3.8, 4) is 17.0 Å². The predicted octanol–water partition coefficient (Wildman–Crippen LogP) is 6.78. The quantitative estimate of drug-likeness (QED) is 0.390. The maximum Gasteiger partial charge on any atom is 0.212 e. The molecule has 3 aromatic rings. The first-order valence-corrected chi connectivity index (χ1v) is 13.2. The molecule has 0 radical (unpaired) electrons. The number of pyridine rings is 1. The summed E-state index contributed by atoms with van der Waals surface area (Å²) in [5.74, 6) is 1.52. The van der Waals surface area contributed by atoms with Crippen LogP contribution in [0.1, 0.15) is 43.4 Å². The molecule has 2 heterocycles. The molecule has 2 aliphatic rings. The summed E-state index contributed by atoms with van der Waals surface area (Å²) in [7, 11) is 3.42. The van der Waals surface area contributed by atoms with Crippen LogP contribution in [0.2, 0.25) is 0 Å². The van der Waals surface area contributed by atoms with Crippen LogP contribution in [0, 0.1) is 0 Å². The molecule has 0 bridgehead atoms. The van der Waals surface area contributed by atoms with Crippen LogP contribution in [-0.4, -0.2) is 44.5 Å². The number of hydrogen-bond donors (Lipinski definition) is 0. The number of morpholine rings is 1. The Bertz CT molecular complexity index is 1270. The Morgan fingerprint density at radius 2 is 1.59 bits per heavy atom. The molecule has 1 saturated heterocycles. The van der Waals surface area contributed by atoms with E-state index in [-0.39, 0.29) is 12.2 Å². The van der Waals surface area contributed by atoms with E-state index in [1.54, 1.807) is 14.2 Å². The van der Waals surface area contributed by atoms with Crippen molar-refractivity contribution in [1.82, 2.24) is 4.98 Å². The molecular weight excluding hydrogens is 460 g/mol. The van der Waals surface area contributed by atoms with Crippen LogP contribution in [0.3, 0.4) is 0 Å². The molecule has 5 nitrogen and oxygen atoms in total. The first kappa shape index (κ1) is 25.1. The van der Waals surface area contributed by atoms with E-state index in [9.17, 15) is 0 Å². The molecular formula is C32H36N2O3. The van der Waals surface area contributed by atoms with Gasteiger partial charge in [-0.25, -0.2) is 4.98 Å². The van der Waals surface area contributed by atoms with Crippen LogP contribution in [-0.2, 0) is 15.9 Å². The number of nitrogens with zero attached hydrogens (tertiary/aromatic N) is 2. The summed E-state index contributed by atoms with van der Waals surface area (Å²) in [5, 5.41) is 0. The number of benzene rings is 2. The summed E-state index contributed by atoms with van der Waals surface area (Å²) in [6.07, 6.45) is 9.90. The maximum absolute atomic E-state index is 6.14. The zero-order chi connectivity index (χ0) is 25.8. The molecule has 2 aromatic carbocycles. The highest BCUT2D eigenvalue weighted by Crippen LogP contribution is 2.37. The fraction of sp³-hybridized carbons (Fsp3) is 0.344. The van der Waals surface area contributed by atoms with Crippen molar-refractivity contribution in [1.29, 1.82) is 0 Å². The highest BCUT2D eigenvalue weighted by Gasteiger charge is 2.23. The minimum Gasteiger partial charge on any atom is -0.495 e. The molecule has 5 rings (SSSR count). The Kier molecular flexibility index (Phi) is 7.61. The van der Waals surface area contributed by atoms with Gasteiger partial charge in [-0.2, -0.15) is 0 Å². The van der Waals surface area contributed by atoms with Crippen molar-refractivity contribution in [2.45, 2.75) is 45.3 Å². The van der Waals surface area contributed by atoms with E-state index in [1.807, 2.05) is 12.3 Å². The Hall–Kier alpha value is -3.57. The van der Waals surface area contributed by atoms with E-state index >= 15 is 0 Å². The van der Waals surface area contributed by atoms with Gasteiger partial charge in [-0.05, 0) is 68.0 Å². The fourth-order valence-corrected chi connectivity index (χ4v) is 5.51. The fourth-order valence-electron chi connectivity index (χ4n) is 5.51. The predicted molar refractivity (Wildman–Crippen MR) is 151 cm³/mol. The van der Waals surface area contributed by atoms with Gasteiger partial charge in [0.15, 0.2) is 0 Å². The molecule has 192 valence electrons. The smallest absolute Gasteiger partial charge is 0.212 e. The molecule has 2 atom stereocenters. The minimum atomic E-state index is 0.232. The van der Waals surface area contributed by atoms with Crippen LogP contribution in [0.25, 0.3) is 22.5 Å². The minimum absolute atomic E-state index is 0.232. The Labute approximate surface area is 220 Å². The third-order valence-electron chi connectivity index (χ3n) is 7.17. The summed E-state index contributed by atoms with van der Waals surface area (Å²) < 4.78 is 17.3. The molecule has 0 amide bonds. The standard InChI is InChI=1S/C32H36N2O3/c1-22-20-34(21-23(2)37-22)26-16-13-24(14-17-26)28-9-6-5-7-10-29-27(11-8-12-30(29)32(28)36-4)25-15-18-31(35-3)33-19-25/h6,8-9,11-19,22-23H,5,7,10,20-21H2,1-4H3/b9-6-,32-28-/t22-,23+. The van der Waals surface area contributed by atoms with Crippen molar-refractivity contribution in [3.05, 3.63) is 89.6 Å². The molecule has 1 aliphatic heterocycles. The van der Waals surface area contributed by atoms with Crippen LogP contribution in [0.5, 0.6) is 5.88 Å². The molecule has 0 saturated carbocycles. The van der Waals surface area contributed by atoms with Gasteiger partial charge in [-0.1, -0.05) is 42.5 Å². The Balaban J connectivity index is 1.56. The van der Waals surface area contributed by atoms with E-state index in [0.29, 0.717) is 5.88 Å². The number of ether oxygens (including phenoxy) is 3. The molecule has 0 N–H and O–H groups in total. The Morgan fingerprint density at radius 1 is 0.865 bits per heavy atom. The van der Waals surface area contributed by atoms with Gasteiger partial charge in [0, 0.05) is 47.7 Å². The normalized spacial score (nSPS) is 22.9. The lowest BCUT2D eigenvalue weighted by molar-refractivity contribution is -0.00521. The van der Waals surface area contributed by atoms with Gasteiger partial charge in [-0.3, -0.25) is 0 Å². The van der Waals surface area contributed by atoms with Gasteiger partial charge in [0.1, 0.15) is 5.76 Å². The molecule has 5 heteroatoms. The van der Waals surface area contributed by atoms with Gasteiger partial charge >= 0.3 is 0 Å². The average Bonchev–Trinajstić information content (AvgIpc) is 3.01. The van der Waals surface area contributed by atoms with E-state index in [0.717, 1.165) is 60.4 Å². The first-order valence-electron chi connectivity index (χ1n) is 13.2. The molecule has 1 fully saturated rings. The monoisotopic (exact) mass is 496 g/mol. The molecule has 1 aromatic heterocycles. The number of aromatic nitrogens is 1. The average molecular weight is 497 g/mol. The summed E-state index contributed by atoms with van der Waals surface area (Å²) in [6.45, 7) is 6.10. The third-order valence-corrected chi connectivity index (χ3v) is 7.17. The number of hydrogen-bond acceptors (Lipinski definition) is 5. The third kappa shape index (κ3) is 5.42. The SMILES string of the molecule is CO/C1=C(c2ccc(N3C[C@@H](C)O[C@@H](C)C3)cc2)/C=C\CCCc2c1cccc2-c1ccc(OC)nc1. The second kappa shape index (κ2) is 11.2. The lowest BCUT2D eigenvalue weighted by Crippen LogP contribution is -2.45. The topological polar surface area (TPSA) is 43.8 Å². The van der Waals surface area contributed by atoms with Crippen LogP contribution in [0.4, 0.5) is 5.69 Å². The van der Waals surface area contributed by atoms with Crippen LogP contribution in [0.15, 0.2) is 72.9 Å². The molecule has 0 unspecified atom stereocenters. The number of anilines is 1. The van der Waals surface area contributed by atoms with Gasteiger partial charge in [0.25, 0.3) is 0 Å². The zero-order valence-electron chi connectivity index (χ0n) is 22.2. The molecule has 0 spiro atoms. The lowest BCUT2D eigenvalue weighted by Gasteiger charge is -2.37. The van der Waals surface area contributed by atoms with E-state index in [2.05, 4.69) is 84.4 Å². The number of rotatable bonds is 5. The number of allylic oxidation sites excluding steroid dienone is 3. The van der Waals surface area contributed by atoms with E-state index in [4.69, 9.17) is 14.2 Å². The first-order chi connectivity index (χ1) is 18.1. The largest absolute Gasteiger partial charge is 0.495 e. The second-order valence-electron chi connectivity index (χ2n) is 9.87. The summed E-state index contributed by atoms with van der Waals surface area (Å²) in [6, 6.07) is 19.3. The van der Waals surface area contributed by atoms with Crippen LogP contribution >= 0.6 is 0 Å². The molecule has 37 heavy (non-hydrogen) atoms. The van der Waals surface area contributed by atoms with Crippen molar-refractivity contribution < 1.29 is 14.2 Å². The zero-order valence-corrected chi connectivity index (χ0v) is 22.2. The van der Waals surface area contributed by atoms with E-state index < -0.39 is 0 Å². The van der Waals surface area contributed by atoms with Crippen molar-refractivity contribution >= 4 is 17.0 Å². The van der Waals surface area contributed by atoms with Gasteiger partial charge in [-0.15, -0.1) is 0 Å². The maximum atomic E-state index is 6.14. The van der Waals surface area contributed by atoms with Gasteiger partial charge in [0.2, 0.25) is 5.88 Å². The van der Waals surface area contributed by atoms with Crippen LogP contribution < -0.4 is 9.64 Å².